The van der Waals surface area contributed by atoms with Crippen molar-refractivity contribution < 1.29 is 18.8 Å². The highest BCUT2D eigenvalue weighted by atomic mass is 32.2. The van der Waals surface area contributed by atoms with Crippen LogP contribution in [-0.4, -0.2) is 31.6 Å². The van der Waals surface area contributed by atoms with Crippen LogP contribution in [0.4, 0.5) is 4.39 Å². The summed E-state index contributed by atoms with van der Waals surface area (Å²) in [5.74, 6) is 1.31. The summed E-state index contributed by atoms with van der Waals surface area (Å²) in [4.78, 5) is 10.5. The number of ether oxygens (including phenoxy) is 2. The lowest BCUT2D eigenvalue weighted by atomic mass is 10.2. The minimum Gasteiger partial charge on any atom is -0.496 e. The van der Waals surface area contributed by atoms with E-state index in [0.29, 0.717) is 22.8 Å². The van der Waals surface area contributed by atoms with Gasteiger partial charge in [0.05, 0.1) is 30.7 Å². The Balaban J connectivity index is 3.14. The molecule has 7 heteroatoms. The average Bonchev–Trinajstić information content (AvgIpc) is 2.42. The van der Waals surface area contributed by atoms with Gasteiger partial charge in [0.25, 0.3) is 0 Å². The topological polar surface area (TPSA) is 61.6 Å². The fourth-order valence-corrected chi connectivity index (χ4v) is 2.20. The Morgan fingerprint density at radius 1 is 1.37 bits per heavy atom. The molecule has 1 rings (SSSR count). The third kappa shape index (κ3) is 4.44. The van der Waals surface area contributed by atoms with E-state index in [0.717, 1.165) is 11.1 Å². The number of halogens is 1. The van der Waals surface area contributed by atoms with Crippen LogP contribution >= 0.6 is 11.8 Å². The van der Waals surface area contributed by atoms with Gasteiger partial charge >= 0.3 is 0 Å². The number of nitro groups is 1. The first-order valence-electron chi connectivity index (χ1n) is 5.38. The van der Waals surface area contributed by atoms with Crippen molar-refractivity contribution in [2.24, 2.45) is 0 Å². The fraction of sp³-hybridized carbons (Fsp3) is 0.333. The average molecular weight is 287 g/mol. The molecule has 0 heterocycles. The van der Waals surface area contributed by atoms with Crippen LogP contribution in [0.5, 0.6) is 11.5 Å². The van der Waals surface area contributed by atoms with Crippen LogP contribution in [0.25, 0.3) is 6.08 Å². The summed E-state index contributed by atoms with van der Waals surface area (Å²) in [7, 11) is 2.96. The molecule has 1 aromatic rings. The second-order valence-electron chi connectivity index (χ2n) is 3.38. The molecule has 0 saturated heterocycles. The molecule has 0 atom stereocenters. The molecule has 0 bridgehead atoms. The van der Waals surface area contributed by atoms with Gasteiger partial charge in [0.1, 0.15) is 11.5 Å². The lowest BCUT2D eigenvalue weighted by molar-refractivity contribution is -0.400. The maximum absolute atomic E-state index is 12.2. The van der Waals surface area contributed by atoms with E-state index >= 15 is 0 Å². The van der Waals surface area contributed by atoms with Gasteiger partial charge < -0.3 is 9.47 Å². The molecule has 0 spiro atoms. The largest absolute Gasteiger partial charge is 0.496 e. The maximum atomic E-state index is 12.2. The van der Waals surface area contributed by atoms with Crippen molar-refractivity contribution in [2.75, 3.05) is 26.6 Å². The summed E-state index contributed by atoms with van der Waals surface area (Å²) in [5.41, 5.74) is 0.528. The lowest BCUT2D eigenvalue weighted by Crippen LogP contribution is -1.94. The monoisotopic (exact) mass is 287 g/mol. The summed E-state index contributed by atoms with van der Waals surface area (Å²) in [6.07, 6.45) is 2.15. The Bertz CT molecular complexity index is 479. The third-order valence-corrected chi connectivity index (χ3v) is 3.21. The number of thioether (sulfide) groups is 1. The van der Waals surface area contributed by atoms with Gasteiger partial charge in [-0.3, -0.25) is 14.5 Å². The predicted molar refractivity (Wildman–Crippen MR) is 72.3 cm³/mol. The molecule has 0 fully saturated rings. The number of methoxy groups -OCH3 is 2. The molecular formula is C12H14FNO4S. The number of hydrogen-bond acceptors (Lipinski definition) is 5. The van der Waals surface area contributed by atoms with Gasteiger partial charge in [-0.1, -0.05) is 0 Å². The van der Waals surface area contributed by atoms with Crippen LogP contribution in [0.3, 0.4) is 0 Å². The van der Waals surface area contributed by atoms with E-state index in [4.69, 9.17) is 9.47 Å². The summed E-state index contributed by atoms with van der Waals surface area (Å²) in [6.45, 7) is -0.445. The molecule has 0 saturated carbocycles. The van der Waals surface area contributed by atoms with Crippen molar-refractivity contribution in [1.29, 1.82) is 0 Å². The highest BCUT2D eigenvalue weighted by molar-refractivity contribution is 7.99. The first kappa shape index (κ1) is 15.3. The van der Waals surface area contributed by atoms with E-state index in [-0.39, 0.29) is 0 Å². The Labute approximate surface area is 114 Å². The zero-order valence-corrected chi connectivity index (χ0v) is 11.4. The first-order chi connectivity index (χ1) is 9.12. The van der Waals surface area contributed by atoms with Crippen LogP contribution in [0.1, 0.15) is 5.56 Å². The smallest absolute Gasteiger partial charge is 0.235 e. The van der Waals surface area contributed by atoms with Gasteiger partial charge in [-0.15, -0.1) is 11.8 Å². The Morgan fingerprint density at radius 3 is 2.58 bits per heavy atom. The second-order valence-corrected chi connectivity index (χ2v) is 4.52. The summed E-state index contributed by atoms with van der Waals surface area (Å²) in [5, 5.41) is 10.3. The van der Waals surface area contributed by atoms with Gasteiger partial charge in [-0.25, -0.2) is 0 Å². The fourth-order valence-electron chi connectivity index (χ4n) is 1.43. The summed E-state index contributed by atoms with van der Waals surface area (Å²) >= 11 is 1.30. The van der Waals surface area contributed by atoms with Crippen LogP contribution in [0.2, 0.25) is 0 Å². The van der Waals surface area contributed by atoms with E-state index in [2.05, 4.69) is 0 Å². The molecule has 5 nitrogen and oxygen atoms in total. The van der Waals surface area contributed by atoms with Crippen LogP contribution in [0, 0.1) is 10.1 Å². The van der Waals surface area contributed by atoms with Crippen molar-refractivity contribution in [2.45, 2.75) is 4.90 Å². The van der Waals surface area contributed by atoms with Crippen molar-refractivity contribution in [3.8, 4) is 11.5 Å². The van der Waals surface area contributed by atoms with Crippen molar-refractivity contribution >= 4 is 17.8 Å². The Hall–Kier alpha value is -1.76. The Morgan fingerprint density at radius 2 is 2.05 bits per heavy atom. The highest BCUT2D eigenvalue weighted by Crippen LogP contribution is 2.36. The predicted octanol–water partition coefficient (Wildman–Crippen LogP) is 3.01. The molecule has 1 aromatic carbocycles. The maximum Gasteiger partial charge on any atom is 0.235 e. The molecule has 0 aromatic heterocycles. The molecule has 0 aliphatic heterocycles. The molecule has 0 N–H and O–H groups in total. The standard InChI is InChI=1S/C12H14FNO4S/c1-17-10-8-12(19-6-4-13)11(18-2)7-9(10)3-5-14(15)16/h3,5,7-8H,4,6H2,1-2H3. The molecule has 0 radical (unpaired) electrons. The molecule has 0 aliphatic rings. The quantitative estimate of drug-likeness (QED) is 0.438. The number of nitrogens with zero attached hydrogens (tertiary/aromatic N) is 1. The van der Waals surface area contributed by atoms with Gasteiger partial charge in [0, 0.05) is 17.4 Å². The SMILES string of the molecule is COc1cc(SCCF)c(OC)cc1C=C[N+](=O)[O-]. The first-order valence-corrected chi connectivity index (χ1v) is 6.37. The summed E-state index contributed by atoms with van der Waals surface area (Å²) in [6, 6.07) is 3.30. The Kier molecular flexibility index (Phi) is 6.14. The van der Waals surface area contributed by atoms with Crippen molar-refractivity contribution in [1.82, 2.24) is 0 Å². The van der Waals surface area contributed by atoms with Gasteiger partial charge in [0.2, 0.25) is 6.20 Å². The molecule has 104 valence electrons. The number of hydrogen-bond donors (Lipinski definition) is 0. The van der Waals surface area contributed by atoms with E-state index in [9.17, 15) is 14.5 Å². The summed E-state index contributed by atoms with van der Waals surface area (Å²) < 4.78 is 22.6. The van der Waals surface area contributed by atoms with Gasteiger partial charge in [-0.05, 0) is 12.1 Å². The lowest BCUT2D eigenvalue weighted by Gasteiger charge is -2.12. The van der Waals surface area contributed by atoms with E-state index in [1.165, 1.54) is 32.1 Å². The minimum absolute atomic E-state index is 0.309. The molecule has 19 heavy (non-hydrogen) atoms. The number of alkyl halides is 1. The van der Waals surface area contributed by atoms with Gasteiger partial charge in [0.15, 0.2) is 0 Å². The van der Waals surface area contributed by atoms with Gasteiger partial charge in [-0.2, -0.15) is 0 Å². The highest BCUT2D eigenvalue weighted by Gasteiger charge is 2.10. The minimum atomic E-state index is -0.558. The second kappa shape index (κ2) is 7.63. The normalized spacial score (nSPS) is 10.7. The van der Waals surface area contributed by atoms with Crippen LogP contribution < -0.4 is 9.47 Å². The zero-order chi connectivity index (χ0) is 14.3. The van der Waals surface area contributed by atoms with E-state index < -0.39 is 11.6 Å². The zero-order valence-electron chi connectivity index (χ0n) is 10.6. The van der Waals surface area contributed by atoms with Crippen LogP contribution in [0.15, 0.2) is 23.2 Å². The molecule has 0 amide bonds. The molecule has 0 unspecified atom stereocenters. The van der Waals surface area contributed by atoms with Crippen molar-refractivity contribution in [3.63, 3.8) is 0 Å². The molecular weight excluding hydrogens is 273 g/mol. The van der Waals surface area contributed by atoms with E-state index in [1.54, 1.807) is 12.1 Å². The number of benzene rings is 1. The van der Waals surface area contributed by atoms with Crippen LogP contribution in [-0.2, 0) is 0 Å². The molecule has 0 aliphatic carbocycles. The third-order valence-electron chi connectivity index (χ3n) is 2.23. The number of rotatable bonds is 7. The van der Waals surface area contributed by atoms with Crippen molar-refractivity contribution in [3.05, 3.63) is 34.0 Å². The van der Waals surface area contributed by atoms with E-state index in [1.807, 2.05) is 0 Å².